The van der Waals surface area contributed by atoms with Crippen LogP contribution in [0.1, 0.15) is 41.3 Å². The molecule has 0 aliphatic carbocycles. The molecule has 1 aliphatic rings. The second-order valence-corrected chi connectivity index (χ2v) is 7.95. The molecule has 1 heterocycles. The molecule has 1 aliphatic heterocycles. The van der Waals surface area contributed by atoms with Gasteiger partial charge in [-0.05, 0) is 48.3 Å². The van der Waals surface area contributed by atoms with Gasteiger partial charge in [0, 0.05) is 42.2 Å². The van der Waals surface area contributed by atoms with Gasteiger partial charge in [-0.15, -0.1) is 0 Å². The van der Waals surface area contributed by atoms with E-state index in [2.05, 4.69) is 4.90 Å². The van der Waals surface area contributed by atoms with Gasteiger partial charge in [0.05, 0.1) is 0 Å². The molecule has 1 saturated heterocycles. The van der Waals surface area contributed by atoms with Crippen molar-refractivity contribution in [3.05, 3.63) is 75.3 Å². The molecule has 2 aromatic rings. The zero-order valence-corrected chi connectivity index (χ0v) is 17.7. The van der Waals surface area contributed by atoms with E-state index in [9.17, 15) is 9.59 Å². The number of nitrogens with zero attached hydrogens (tertiary/aromatic N) is 1. The van der Waals surface area contributed by atoms with Crippen LogP contribution in [-0.4, -0.2) is 35.8 Å². The molecule has 29 heavy (non-hydrogen) atoms. The van der Waals surface area contributed by atoms with Crippen molar-refractivity contribution in [2.45, 2.75) is 32.4 Å². The minimum Gasteiger partial charge on any atom is -0.462 e. The van der Waals surface area contributed by atoms with Crippen LogP contribution in [0.3, 0.4) is 0 Å². The number of hydrogen-bond donors (Lipinski definition) is 0. The van der Waals surface area contributed by atoms with Gasteiger partial charge in [0.15, 0.2) is 5.78 Å². The van der Waals surface area contributed by atoms with Crippen LogP contribution in [0.15, 0.2) is 48.5 Å². The Kier molecular flexibility index (Phi) is 7.48. The minimum absolute atomic E-state index is 0.00677. The number of halogens is 2. The first-order valence-corrected chi connectivity index (χ1v) is 10.3. The molecular formula is C23H23Cl2NO3. The summed E-state index contributed by atoms with van der Waals surface area (Å²) in [5.74, 6) is -0.298. The van der Waals surface area contributed by atoms with Gasteiger partial charge < -0.3 is 4.74 Å². The Morgan fingerprint density at radius 3 is 2.55 bits per heavy atom. The minimum atomic E-state index is -0.230. The van der Waals surface area contributed by atoms with Crippen LogP contribution in [0.2, 0.25) is 10.0 Å². The van der Waals surface area contributed by atoms with Crippen LogP contribution in [0.4, 0.5) is 0 Å². The molecule has 152 valence electrons. The normalized spacial score (nSPS) is 15.6. The third kappa shape index (κ3) is 6.17. The maximum absolute atomic E-state index is 12.8. The lowest BCUT2D eigenvalue weighted by Crippen LogP contribution is -2.37. The smallest absolute Gasteiger partial charge is 0.302 e. The molecule has 1 fully saturated rings. The number of piperidine rings is 1. The van der Waals surface area contributed by atoms with Crippen molar-refractivity contribution < 1.29 is 14.3 Å². The number of likely N-dealkylation sites (tertiary alicyclic amines) is 1. The number of hydrogen-bond acceptors (Lipinski definition) is 4. The number of ketones is 1. The standard InChI is InChI=1S/C23H23Cl2NO3/c1-16(27)29-20-10-12-26(13-11-20)15-18-4-2-3-5-21(18)23(28)9-7-17-6-8-19(24)14-22(17)25/h2-9,14,20H,10-13,15H2,1H3/b9-7+. The Bertz CT molecular complexity index is 918. The summed E-state index contributed by atoms with van der Waals surface area (Å²) >= 11 is 12.1. The zero-order valence-electron chi connectivity index (χ0n) is 16.2. The average Bonchev–Trinajstić information content (AvgIpc) is 2.68. The maximum atomic E-state index is 12.8. The van der Waals surface area contributed by atoms with Crippen LogP contribution >= 0.6 is 23.2 Å². The monoisotopic (exact) mass is 431 g/mol. The molecule has 0 aromatic heterocycles. The second-order valence-electron chi connectivity index (χ2n) is 7.11. The van der Waals surface area contributed by atoms with Crippen LogP contribution in [-0.2, 0) is 16.1 Å². The fraction of sp³-hybridized carbons (Fsp3) is 0.304. The predicted molar refractivity (Wildman–Crippen MR) is 116 cm³/mol. The largest absolute Gasteiger partial charge is 0.462 e. The van der Waals surface area contributed by atoms with Gasteiger partial charge in [0.1, 0.15) is 6.10 Å². The van der Waals surface area contributed by atoms with Gasteiger partial charge >= 0.3 is 5.97 Å². The van der Waals surface area contributed by atoms with E-state index < -0.39 is 0 Å². The number of esters is 1. The number of benzene rings is 2. The number of rotatable bonds is 6. The molecule has 4 nitrogen and oxygen atoms in total. The molecule has 0 atom stereocenters. The second kappa shape index (κ2) is 10.1. The number of allylic oxidation sites excluding steroid dienone is 1. The maximum Gasteiger partial charge on any atom is 0.302 e. The summed E-state index contributed by atoms with van der Waals surface area (Å²) in [4.78, 5) is 26.2. The quantitative estimate of drug-likeness (QED) is 0.348. The summed E-state index contributed by atoms with van der Waals surface area (Å²) < 4.78 is 5.29. The van der Waals surface area contributed by atoms with Crippen molar-refractivity contribution in [2.75, 3.05) is 13.1 Å². The van der Waals surface area contributed by atoms with Crippen LogP contribution < -0.4 is 0 Å². The van der Waals surface area contributed by atoms with E-state index in [4.69, 9.17) is 27.9 Å². The number of ether oxygens (including phenoxy) is 1. The Hall–Kier alpha value is -2.14. The highest BCUT2D eigenvalue weighted by Crippen LogP contribution is 2.23. The van der Waals surface area contributed by atoms with Crippen molar-refractivity contribution in [2.24, 2.45) is 0 Å². The lowest BCUT2D eigenvalue weighted by atomic mass is 10.0. The molecule has 0 amide bonds. The Morgan fingerprint density at radius 1 is 1.14 bits per heavy atom. The molecule has 0 saturated carbocycles. The fourth-order valence-corrected chi connectivity index (χ4v) is 3.92. The van der Waals surface area contributed by atoms with Gasteiger partial charge in [0.2, 0.25) is 0 Å². The summed E-state index contributed by atoms with van der Waals surface area (Å²) in [7, 11) is 0. The molecule has 0 radical (unpaired) electrons. The molecule has 0 unspecified atom stereocenters. The van der Waals surface area contributed by atoms with E-state index in [1.807, 2.05) is 24.3 Å². The average molecular weight is 432 g/mol. The van der Waals surface area contributed by atoms with Crippen molar-refractivity contribution >= 4 is 41.0 Å². The first-order chi connectivity index (χ1) is 13.9. The third-order valence-corrected chi connectivity index (χ3v) is 5.48. The lowest BCUT2D eigenvalue weighted by Gasteiger charge is -2.31. The van der Waals surface area contributed by atoms with Crippen molar-refractivity contribution in [3.8, 4) is 0 Å². The molecule has 2 aromatic carbocycles. The molecule has 0 bridgehead atoms. The highest BCUT2D eigenvalue weighted by atomic mass is 35.5. The fourth-order valence-electron chi connectivity index (χ4n) is 3.45. The van der Waals surface area contributed by atoms with E-state index in [1.54, 1.807) is 30.4 Å². The topological polar surface area (TPSA) is 46.6 Å². The van der Waals surface area contributed by atoms with Crippen molar-refractivity contribution in [1.82, 2.24) is 4.90 Å². The summed E-state index contributed by atoms with van der Waals surface area (Å²) in [5, 5.41) is 1.06. The highest BCUT2D eigenvalue weighted by molar-refractivity contribution is 6.35. The van der Waals surface area contributed by atoms with Crippen LogP contribution in [0.25, 0.3) is 6.08 Å². The number of carbonyl (C=O) groups is 2. The Balaban J connectivity index is 1.66. The first-order valence-electron chi connectivity index (χ1n) is 9.57. The van der Waals surface area contributed by atoms with Crippen molar-refractivity contribution in [3.63, 3.8) is 0 Å². The summed E-state index contributed by atoms with van der Waals surface area (Å²) in [6.45, 7) is 3.79. The van der Waals surface area contributed by atoms with Crippen LogP contribution in [0.5, 0.6) is 0 Å². The number of carbonyl (C=O) groups excluding carboxylic acids is 2. The van der Waals surface area contributed by atoms with E-state index >= 15 is 0 Å². The Labute approximate surface area is 181 Å². The summed E-state index contributed by atoms with van der Waals surface area (Å²) in [6, 6.07) is 12.8. The zero-order chi connectivity index (χ0) is 20.8. The lowest BCUT2D eigenvalue weighted by molar-refractivity contribution is -0.148. The summed E-state index contributed by atoms with van der Waals surface area (Å²) in [5.41, 5.74) is 2.40. The van der Waals surface area contributed by atoms with Gasteiger partial charge in [0.25, 0.3) is 0 Å². The molecule has 0 N–H and O–H groups in total. The molecular weight excluding hydrogens is 409 g/mol. The molecule has 3 rings (SSSR count). The third-order valence-electron chi connectivity index (χ3n) is 4.92. The molecule has 0 spiro atoms. The first kappa shape index (κ1) is 21.6. The van der Waals surface area contributed by atoms with Gasteiger partial charge in [-0.3, -0.25) is 14.5 Å². The highest BCUT2D eigenvalue weighted by Gasteiger charge is 2.22. The van der Waals surface area contributed by atoms with E-state index in [0.29, 0.717) is 22.2 Å². The molecule has 6 heteroatoms. The Morgan fingerprint density at radius 2 is 1.86 bits per heavy atom. The SMILES string of the molecule is CC(=O)OC1CCN(Cc2ccccc2C(=O)/C=C/c2ccc(Cl)cc2Cl)CC1. The summed E-state index contributed by atoms with van der Waals surface area (Å²) in [6.07, 6.45) is 4.87. The van der Waals surface area contributed by atoms with Crippen LogP contribution in [0, 0.1) is 0 Å². The van der Waals surface area contributed by atoms with Gasteiger partial charge in [-0.25, -0.2) is 0 Å². The van der Waals surface area contributed by atoms with Gasteiger partial charge in [-0.2, -0.15) is 0 Å². The van der Waals surface area contributed by atoms with E-state index in [0.717, 1.165) is 37.1 Å². The van der Waals surface area contributed by atoms with E-state index in [1.165, 1.54) is 6.92 Å². The van der Waals surface area contributed by atoms with Crippen molar-refractivity contribution in [1.29, 1.82) is 0 Å². The predicted octanol–water partition coefficient (Wildman–Crippen LogP) is 5.42. The van der Waals surface area contributed by atoms with E-state index in [-0.39, 0.29) is 17.9 Å². The van der Waals surface area contributed by atoms with Gasteiger partial charge in [-0.1, -0.05) is 53.5 Å².